The standard InChI is InChI=1S/C18H26BrNO/c1-3-4-5-6-7-8-12-16(20-2)17-13-14-10-9-11-15(19)18(14)21-17/h9-11,13,16,20H,3-8,12H2,1-2H3. The van der Waals surface area contributed by atoms with Crippen molar-refractivity contribution < 1.29 is 4.42 Å². The van der Waals surface area contributed by atoms with Gasteiger partial charge in [0.15, 0.2) is 0 Å². The lowest BCUT2D eigenvalue weighted by atomic mass is 10.0. The summed E-state index contributed by atoms with van der Waals surface area (Å²) in [5, 5.41) is 4.56. The van der Waals surface area contributed by atoms with E-state index in [2.05, 4.69) is 40.3 Å². The number of fused-ring (bicyclic) bond motifs is 1. The molecule has 21 heavy (non-hydrogen) atoms. The first-order chi connectivity index (χ1) is 10.3. The highest BCUT2D eigenvalue weighted by Crippen LogP contribution is 2.31. The molecule has 1 unspecified atom stereocenters. The number of furan rings is 1. The molecule has 0 fully saturated rings. The molecule has 2 rings (SSSR count). The largest absolute Gasteiger partial charge is 0.458 e. The van der Waals surface area contributed by atoms with Crippen LogP contribution in [0.15, 0.2) is 33.2 Å². The van der Waals surface area contributed by atoms with Crippen LogP contribution in [0.25, 0.3) is 11.0 Å². The van der Waals surface area contributed by atoms with Crippen LogP contribution in [0.2, 0.25) is 0 Å². The summed E-state index contributed by atoms with van der Waals surface area (Å²) in [6, 6.07) is 8.66. The smallest absolute Gasteiger partial charge is 0.148 e. The fourth-order valence-corrected chi connectivity index (χ4v) is 3.24. The highest BCUT2D eigenvalue weighted by atomic mass is 79.9. The number of hydrogen-bond donors (Lipinski definition) is 1. The molecule has 1 N–H and O–H groups in total. The van der Waals surface area contributed by atoms with E-state index in [1.807, 2.05) is 19.2 Å². The molecule has 0 aliphatic rings. The lowest BCUT2D eigenvalue weighted by Gasteiger charge is -2.13. The molecule has 0 spiro atoms. The number of rotatable bonds is 9. The van der Waals surface area contributed by atoms with Crippen molar-refractivity contribution in [1.29, 1.82) is 0 Å². The highest BCUT2D eigenvalue weighted by Gasteiger charge is 2.15. The summed E-state index contributed by atoms with van der Waals surface area (Å²) in [6.07, 6.45) is 9.13. The summed E-state index contributed by atoms with van der Waals surface area (Å²) in [7, 11) is 2.02. The average Bonchev–Trinajstić information content (AvgIpc) is 2.92. The molecule has 116 valence electrons. The molecule has 1 atom stereocenters. The minimum atomic E-state index is 0.315. The van der Waals surface area contributed by atoms with Crippen molar-refractivity contribution in [3.05, 3.63) is 34.5 Å². The maximum atomic E-state index is 6.04. The average molecular weight is 352 g/mol. The molecule has 1 aromatic heterocycles. The van der Waals surface area contributed by atoms with Crippen LogP contribution in [-0.4, -0.2) is 7.05 Å². The minimum absolute atomic E-state index is 0.315. The monoisotopic (exact) mass is 351 g/mol. The fourth-order valence-electron chi connectivity index (χ4n) is 2.78. The van der Waals surface area contributed by atoms with Gasteiger partial charge in [-0.25, -0.2) is 0 Å². The summed E-state index contributed by atoms with van der Waals surface area (Å²) in [4.78, 5) is 0. The van der Waals surface area contributed by atoms with E-state index in [-0.39, 0.29) is 0 Å². The van der Waals surface area contributed by atoms with Crippen molar-refractivity contribution in [3.63, 3.8) is 0 Å². The zero-order chi connectivity index (χ0) is 15.1. The van der Waals surface area contributed by atoms with E-state index >= 15 is 0 Å². The molecule has 1 heterocycles. The van der Waals surface area contributed by atoms with E-state index < -0.39 is 0 Å². The molecule has 2 nitrogen and oxygen atoms in total. The maximum Gasteiger partial charge on any atom is 0.148 e. The second-order valence-electron chi connectivity index (χ2n) is 5.70. The Bertz CT molecular complexity index is 549. The normalized spacial score (nSPS) is 12.9. The number of hydrogen-bond acceptors (Lipinski definition) is 2. The first-order valence-electron chi connectivity index (χ1n) is 8.11. The van der Waals surface area contributed by atoms with Crippen molar-refractivity contribution in [2.75, 3.05) is 7.05 Å². The first kappa shape index (κ1) is 16.6. The van der Waals surface area contributed by atoms with E-state index in [0.717, 1.165) is 22.2 Å². The third-order valence-electron chi connectivity index (χ3n) is 4.05. The lowest BCUT2D eigenvalue weighted by Crippen LogP contribution is -2.15. The predicted molar refractivity (Wildman–Crippen MR) is 93.7 cm³/mol. The van der Waals surface area contributed by atoms with Crippen LogP contribution in [0, 0.1) is 0 Å². The van der Waals surface area contributed by atoms with Gasteiger partial charge >= 0.3 is 0 Å². The highest BCUT2D eigenvalue weighted by molar-refractivity contribution is 9.10. The van der Waals surface area contributed by atoms with Gasteiger partial charge in [0.1, 0.15) is 11.3 Å². The molecule has 0 amide bonds. The Morgan fingerprint density at radius 3 is 2.62 bits per heavy atom. The molecular formula is C18H26BrNO. The Hall–Kier alpha value is -0.800. The molecule has 0 saturated heterocycles. The zero-order valence-corrected chi connectivity index (χ0v) is 14.7. The first-order valence-corrected chi connectivity index (χ1v) is 8.90. The van der Waals surface area contributed by atoms with E-state index in [0.29, 0.717) is 6.04 Å². The Balaban J connectivity index is 1.91. The molecular weight excluding hydrogens is 326 g/mol. The third-order valence-corrected chi connectivity index (χ3v) is 4.68. The Labute approximate surface area is 136 Å². The van der Waals surface area contributed by atoms with Crippen LogP contribution in [0.3, 0.4) is 0 Å². The van der Waals surface area contributed by atoms with Gasteiger partial charge in [-0.05, 0) is 41.5 Å². The van der Waals surface area contributed by atoms with Gasteiger partial charge in [0.25, 0.3) is 0 Å². The van der Waals surface area contributed by atoms with Crippen LogP contribution in [0.5, 0.6) is 0 Å². The van der Waals surface area contributed by atoms with Crippen molar-refractivity contribution in [2.24, 2.45) is 0 Å². The van der Waals surface area contributed by atoms with Gasteiger partial charge in [-0.1, -0.05) is 57.6 Å². The Kier molecular flexibility index (Phi) is 6.78. The lowest BCUT2D eigenvalue weighted by molar-refractivity contribution is 0.416. The molecule has 1 aromatic carbocycles. The van der Waals surface area contributed by atoms with Gasteiger partial charge < -0.3 is 9.73 Å². The van der Waals surface area contributed by atoms with Crippen LogP contribution in [-0.2, 0) is 0 Å². The zero-order valence-electron chi connectivity index (χ0n) is 13.1. The van der Waals surface area contributed by atoms with Crippen molar-refractivity contribution in [1.82, 2.24) is 5.32 Å². The van der Waals surface area contributed by atoms with Gasteiger partial charge in [-0.15, -0.1) is 0 Å². The van der Waals surface area contributed by atoms with Gasteiger partial charge in [-0.2, -0.15) is 0 Å². The summed E-state index contributed by atoms with van der Waals surface area (Å²) in [5.74, 6) is 1.05. The fraction of sp³-hybridized carbons (Fsp3) is 0.556. The second kappa shape index (κ2) is 8.60. The summed E-state index contributed by atoms with van der Waals surface area (Å²) in [5.41, 5.74) is 0.954. The molecule has 3 heteroatoms. The molecule has 2 aromatic rings. The van der Waals surface area contributed by atoms with E-state index in [1.54, 1.807) is 0 Å². The summed E-state index contributed by atoms with van der Waals surface area (Å²) >= 11 is 3.55. The predicted octanol–water partition coefficient (Wildman–Crippen LogP) is 6.21. The number of halogens is 1. The van der Waals surface area contributed by atoms with Crippen LogP contribution in [0.4, 0.5) is 0 Å². The van der Waals surface area contributed by atoms with Crippen LogP contribution in [0.1, 0.15) is 63.7 Å². The Morgan fingerprint density at radius 2 is 1.90 bits per heavy atom. The maximum absolute atomic E-state index is 6.04. The number of unbranched alkanes of at least 4 members (excludes halogenated alkanes) is 5. The van der Waals surface area contributed by atoms with E-state index in [1.165, 1.54) is 43.9 Å². The quantitative estimate of drug-likeness (QED) is 0.543. The molecule has 0 saturated carbocycles. The molecule has 0 radical (unpaired) electrons. The van der Waals surface area contributed by atoms with E-state index in [9.17, 15) is 0 Å². The SMILES string of the molecule is CCCCCCCCC(NC)c1cc2cccc(Br)c2o1. The molecule has 0 aliphatic carbocycles. The van der Waals surface area contributed by atoms with Crippen molar-refractivity contribution >= 4 is 26.9 Å². The number of para-hydroxylation sites is 1. The van der Waals surface area contributed by atoms with E-state index in [4.69, 9.17) is 4.42 Å². The summed E-state index contributed by atoms with van der Waals surface area (Å²) in [6.45, 7) is 2.26. The Morgan fingerprint density at radius 1 is 1.14 bits per heavy atom. The topological polar surface area (TPSA) is 25.2 Å². The number of benzene rings is 1. The minimum Gasteiger partial charge on any atom is -0.458 e. The molecule has 0 bridgehead atoms. The third kappa shape index (κ3) is 4.58. The summed E-state index contributed by atoms with van der Waals surface area (Å²) < 4.78 is 7.07. The van der Waals surface area contributed by atoms with Crippen molar-refractivity contribution in [3.8, 4) is 0 Å². The number of nitrogens with one attached hydrogen (secondary N) is 1. The van der Waals surface area contributed by atoms with Crippen LogP contribution < -0.4 is 5.32 Å². The second-order valence-corrected chi connectivity index (χ2v) is 6.56. The van der Waals surface area contributed by atoms with Gasteiger partial charge in [0.05, 0.1) is 10.5 Å². The molecule has 0 aliphatic heterocycles. The van der Waals surface area contributed by atoms with Crippen LogP contribution >= 0.6 is 15.9 Å². The van der Waals surface area contributed by atoms with Gasteiger partial charge in [0.2, 0.25) is 0 Å². The van der Waals surface area contributed by atoms with Gasteiger partial charge in [-0.3, -0.25) is 0 Å². The van der Waals surface area contributed by atoms with Crippen molar-refractivity contribution in [2.45, 2.75) is 57.9 Å². The van der Waals surface area contributed by atoms with Gasteiger partial charge in [0, 0.05) is 5.39 Å².